The fourth-order valence-electron chi connectivity index (χ4n) is 1.95. The van der Waals surface area contributed by atoms with Gasteiger partial charge < -0.3 is 5.73 Å². The van der Waals surface area contributed by atoms with Crippen LogP contribution in [0, 0.1) is 0 Å². The van der Waals surface area contributed by atoms with Crippen LogP contribution in [0.15, 0.2) is 36.5 Å². The second-order valence-corrected chi connectivity index (χ2v) is 4.38. The summed E-state index contributed by atoms with van der Waals surface area (Å²) in [4.78, 5) is 0. The van der Waals surface area contributed by atoms with Gasteiger partial charge in [-0.25, -0.2) is 0 Å². The third kappa shape index (κ3) is 2.74. The van der Waals surface area contributed by atoms with Crippen LogP contribution in [0.25, 0.3) is 0 Å². The Kier molecular flexibility index (Phi) is 3.59. The van der Waals surface area contributed by atoms with Crippen LogP contribution >= 0.6 is 0 Å². The van der Waals surface area contributed by atoms with E-state index in [1.54, 1.807) is 4.68 Å². The van der Waals surface area contributed by atoms with E-state index >= 15 is 0 Å². The maximum Gasteiger partial charge on any atom is 0.0837 e. The maximum atomic E-state index is 6.18. The van der Waals surface area contributed by atoms with Crippen LogP contribution in [0.3, 0.4) is 0 Å². The lowest BCUT2D eigenvalue weighted by molar-refractivity contribution is 0.715. The molecule has 2 N–H and O–H groups in total. The summed E-state index contributed by atoms with van der Waals surface area (Å²) in [5.41, 5.74) is 9.57. The SMILES string of the molecule is CCCc1ccc(C(N)c2ccn(C)n2)cc1. The molecule has 2 rings (SSSR count). The van der Waals surface area contributed by atoms with Gasteiger partial charge >= 0.3 is 0 Å². The van der Waals surface area contributed by atoms with Gasteiger partial charge in [0.1, 0.15) is 0 Å². The molecular formula is C14H19N3. The molecule has 17 heavy (non-hydrogen) atoms. The molecule has 0 amide bonds. The van der Waals surface area contributed by atoms with Gasteiger partial charge in [-0.2, -0.15) is 5.10 Å². The molecule has 0 aliphatic carbocycles. The second-order valence-electron chi connectivity index (χ2n) is 4.38. The average Bonchev–Trinajstić information content (AvgIpc) is 2.76. The number of nitrogens with zero attached hydrogens (tertiary/aromatic N) is 2. The van der Waals surface area contributed by atoms with E-state index in [0.29, 0.717) is 0 Å². The third-order valence-electron chi connectivity index (χ3n) is 2.93. The smallest absolute Gasteiger partial charge is 0.0837 e. The van der Waals surface area contributed by atoms with Gasteiger partial charge in [0.15, 0.2) is 0 Å². The molecule has 0 fully saturated rings. The Balaban J connectivity index is 2.16. The summed E-state index contributed by atoms with van der Waals surface area (Å²) in [6, 6.07) is 10.3. The highest BCUT2D eigenvalue weighted by Crippen LogP contribution is 2.18. The number of benzene rings is 1. The van der Waals surface area contributed by atoms with Gasteiger partial charge in [-0.05, 0) is 23.6 Å². The highest BCUT2D eigenvalue weighted by Gasteiger charge is 2.11. The predicted molar refractivity (Wildman–Crippen MR) is 69.7 cm³/mol. The summed E-state index contributed by atoms with van der Waals surface area (Å²) >= 11 is 0. The number of hydrogen-bond acceptors (Lipinski definition) is 2. The van der Waals surface area contributed by atoms with Crippen LogP contribution in [0.2, 0.25) is 0 Å². The van der Waals surface area contributed by atoms with Crippen LogP contribution in [-0.2, 0) is 13.5 Å². The fourth-order valence-corrected chi connectivity index (χ4v) is 1.95. The molecule has 1 heterocycles. The van der Waals surface area contributed by atoms with Gasteiger partial charge in [0.05, 0.1) is 11.7 Å². The van der Waals surface area contributed by atoms with Crippen molar-refractivity contribution in [2.24, 2.45) is 12.8 Å². The summed E-state index contributed by atoms with van der Waals surface area (Å²) in [6.07, 6.45) is 4.21. The molecule has 0 aliphatic rings. The van der Waals surface area contributed by atoms with Gasteiger partial charge in [-0.15, -0.1) is 0 Å². The first-order valence-electron chi connectivity index (χ1n) is 6.04. The van der Waals surface area contributed by atoms with E-state index in [1.165, 1.54) is 12.0 Å². The highest BCUT2D eigenvalue weighted by molar-refractivity contribution is 5.29. The Labute approximate surface area is 102 Å². The van der Waals surface area contributed by atoms with E-state index in [1.807, 2.05) is 19.3 Å². The first kappa shape index (κ1) is 11.9. The zero-order valence-corrected chi connectivity index (χ0v) is 10.4. The fraction of sp³-hybridized carbons (Fsp3) is 0.357. The molecule has 1 aromatic heterocycles. The molecule has 90 valence electrons. The first-order chi connectivity index (χ1) is 8.20. The molecule has 0 saturated carbocycles. The lowest BCUT2D eigenvalue weighted by atomic mass is 10.0. The first-order valence-corrected chi connectivity index (χ1v) is 6.04. The van der Waals surface area contributed by atoms with Crippen molar-refractivity contribution < 1.29 is 0 Å². The molecule has 3 heteroatoms. The van der Waals surface area contributed by atoms with Gasteiger partial charge in [0.2, 0.25) is 0 Å². The molecular weight excluding hydrogens is 210 g/mol. The van der Waals surface area contributed by atoms with Crippen LogP contribution in [0.4, 0.5) is 0 Å². The van der Waals surface area contributed by atoms with E-state index in [0.717, 1.165) is 17.7 Å². The second kappa shape index (κ2) is 5.15. The van der Waals surface area contributed by atoms with E-state index in [2.05, 4.69) is 36.3 Å². The zero-order chi connectivity index (χ0) is 12.3. The van der Waals surface area contributed by atoms with E-state index in [9.17, 15) is 0 Å². The van der Waals surface area contributed by atoms with Crippen molar-refractivity contribution in [3.8, 4) is 0 Å². The Morgan fingerprint density at radius 1 is 1.24 bits per heavy atom. The summed E-state index contributed by atoms with van der Waals surface area (Å²) < 4.78 is 1.78. The molecule has 0 aliphatic heterocycles. The summed E-state index contributed by atoms with van der Waals surface area (Å²) in [6.45, 7) is 2.19. The Morgan fingerprint density at radius 2 is 1.94 bits per heavy atom. The highest BCUT2D eigenvalue weighted by atomic mass is 15.3. The Hall–Kier alpha value is -1.61. The number of aromatic nitrogens is 2. The van der Waals surface area contributed by atoms with Gasteiger partial charge in [-0.3, -0.25) is 4.68 Å². The van der Waals surface area contributed by atoms with Crippen molar-refractivity contribution in [2.75, 3.05) is 0 Å². The average molecular weight is 229 g/mol. The van der Waals surface area contributed by atoms with Crippen LogP contribution in [0.1, 0.15) is 36.2 Å². The summed E-state index contributed by atoms with van der Waals surface area (Å²) in [7, 11) is 1.90. The number of hydrogen-bond donors (Lipinski definition) is 1. The molecule has 0 saturated heterocycles. The Morgan fingerprint density at radius 3 is 2.47 bits per heavy atom. The van der Waals surface area contributed by atoms with Crippen molar-refractivity contribution >= 4 is 0 Å². The summed E-state index contributed by atoms with van der Waals surface area (Å²) in [5.74, 6) is 0. The topological polar surface area (TPSA) is 43.8 Å². The maximum absolute atomic E-state index is 6.18. The monoisotopic (exact) mass is 229 g/mol. The van der Waals surface area contributed by atoms with Crippen molar-refractivity contribution in [3.05, 3.63) is 53.3 Å². The minimum Gasteiger partial charge on any atom is -0.319 e. The van der Waals surface area contributed by atoms with Gasteiger partial charge in [-0.1, -0.05) is 37.6 Å². The molecule has 0 bridgehead atoms. The summed E-state index contributed by atoms with van der Waals surface area (Å²) in [5, 5.41) is 4.34. The van der Waals surface area contributed by atoms with Crippen molar-refractivity contribution in [1.82, 2.24) is 9.78 Å². The number of rotatable bonds is 4. The molecule has 0 spiro atoms. The minimum atomic E-state index is -0.133. The van der Waals surface area contributed by atoms with Gasteiger partial charge in [0.25, 0.3) is 0 Å². The van der Waals surface area contributed by atoms with Gasteiger partial charge in [0, 0.05) is 13.2 Å². The standard InChI is InChI=1S/C14H19N3/c1-3-4-11-5-7-12(8-6-11)14(15)13-9-10-17(2)16-13/h5-10,14H,3-4,15H2,1-2H3. The third-order valence-corrected chi connectivity index (χ3v) is 2.93. The number of nitrogens with two attached hydrogens (primary N) is 1. The number of aryl methyl sites for hydroxylation is 2. The van der Waals surface area contributed by atoms with E-state index in [4.69, 9.17) is 5.73 Å². The lowest BCUT2D eigenvalue weighted by Gasteiger charge is -2.10. The van der Waals surface area contributed by atoms with Crippen LogP contribution in [0.5, 0.6) is 0 Å². The van der Waals surface area contributed by atoms with Crippen LogP contribution in [-0.4, -0.2) is 9.78 Å². The van der Waals surface area contributed by atoms with Crippen molar-refractivity contribution in [2.45, 2.75) is 25.8 Å². The quantitative estimate of drug-likeness (QED) is 0.875. The molecule has 1 aromatic carbocycles. The van der Waals surface area contributed by atoms with Crippen LogP contribution < -0.4 is 5.73 Å². The van der Waals surface area contributed by atoms with E-state index < -0.39 is 0 Å². The van der Waals surface area contributed by atoms with Crippen molar-refractivity contribution in [1.29, 1.82) is 0 Å². The Bertz CT molecular complexity index is 470. The molecule has 1 unspecified atom stereocenters. The van der Waals surface area contributed by atoms with E-state index in [-0.39, 0.29) is 6.04 Å². The molecule has 0 radical (unpaired) electrons. The molecule has 2 aromatic rings. The molecule has 1 atom stereocenters. The molecule has 3 nitrogen and oxygen atoms in total. The zero-order valence-electron chi connectivity index (χ0n) is 10.4. The largest absolute Gasteiger partial charge is 0.319 e. The minimum absolute atomic E-state index is 0.133. The van der Waals surface area contributed by atoms with Crippen molar-refractivity contribution in [3.63, 3.8) is 0 Å². The lowest BCUT2D eigenvalue weighted by Crippen LogP contribution is -2.12. The normalized spacial score (nSPS) is 12.6. The predicted octanol–water partition coefficient (Wildman–Crippen LogP) is 2.42.